The number of fused-ring (bicyclic) bond motifs is 1. The van der Waals surface area contributed by atoms with Gasteiger partial charge in [0.2, 0.25) is 0 Å². The molecule has 28 heavy (non-hydrogen) atoms. The van der Waals surface area contributed by atoms with Gasteiger partial charge in [0.1, 0.15) is 31.3 Å². The van der Waals surface area contributed by atoms with Crippen LogP contribution in [0, 0.1) is 0 Å². The van der Waals surface area contributed by atoms with Gasteiger partial charge in [0.05, 0.1) is 17.7 Å². The zero-order chi connectivity index (χ0) is 19.9. The Morgan fingerprint density at radius 3 is 1.89 bits per heavy atom. The molecular weight excluding hydrogens is 362 g/mol. The Hall–Kier alpha value is -3.35. The second kappa shape index (κ2) is 9.03. The number of esters is 1. The molecule has 2 aromatic carbocycles. The maximum absolute atomic E-state index is 12.2. The number of ether oxygens (including phenoxy) is 3. The molecule has 0 fully saturated rings. The lowest BCUT2D eigenvalue weighted by atomic mass is 10.1. The number of carbonyl (C=O) groups excluding carboxylic acids is 3. The third-order valence-corrected chi connectivity index (χ3v) is 4.08. The molecule has 2 amide bonds. The summed E-state index contributed by atoms with van der Waals surface area (Å²) >= 11 is 0. The van der Waals surface area contributed by atoms with Gasteiger partial charge in [0.25, 0.3) is 11.8 Å². The first-order chi connectivity index (χ1) is 13.6. The summed E-state index contributed by atoms with van der Waals surface area (Å²) in [4.78, 5) is 37.3. The first-order valence-electron chi connectivity index (χ1n) is 9.06. The average Bonchev–Trinajstić information content (AvgIpc) is 2.96. The van der Waals surface area contributed by atoms with Crippen molar-refractivity contribution in [3.63, 3.8) is 0 Å². The van der Waals surface area contributed by atoms with Crippen molar-refractivity contribution in [3.05, 3.63) is 59.7 Å². The average molecular weight is 383 g/mol. The molecule has 0 saturated heterocycles. The van der Waals surface area contributed by atoms with E-state index >= 15 is 0 Å². The van der Waals surface area contributed by atoms with E-state index in [1.54, 1.807) is 48.5 Å². The highest BCUT2D eigenvalue weighted by molar-refractivity contribution is 6.22. The quantitative estimate of drug-likeness (QED) is 0.376. The van der Waals surface area contributed by atoms with E-state index in [9.17, 15) is 14.4 Å². The molecule has 146 valence electrons. The van der Waals surface area contributed by atoms with Gasteiger partial charge >= 0.3 is 5.97 Å². The standard InChI is InChI=1S/C21H21NO6/c1-2-11-26-15-7-9-16(10-8-15)27-12-13-28-19(23)14-22-20(24)17-5-3-4-6-18(17)21(22)25/h3-10H,2,11-14H2,1H3. The molecule has 1 aliphatic rings. The first-order valence-corrected chi connectivity index (χ1v) is 9.06. The highest BCUT2D eigenvalue weighted by Crippen LogP contribution is 2.22. The lowest BCUT2D eigenvalue weighted by Crippen LogP contribution is -2.36. The van der Waals surface area contributed by atoms with Crippen LogP contribution in [0.5, 0.6) is 11.5 Å². The fraction of sp³-hybridized carbons (Fsp3) is 0.286. The molecule has 1 heterocycles. The number of amides is 2. The molecule has 7 nitrogen and oxygen atoms in total. The lowest BCUT2D eigenvalue weighted by Gasteiger charge is -2.13. The minimum absolute atomic E-state index is 0.0100. The van der Waals surface area contributed by atoms with E-state index in [1.807, 2.05) is 6.92 Å². The Labute approximate surface area is 162 Å². The zero-order valence-electron chi connectivity index (χ0n) is 15.6. The summed E-state index contributed by atoms with van der Waals surface area (Å²) in [6, 6.07) is 13.6. The second-order valence-corrected chi connectivity index (χ2v) is 6.13. The van der Waals surface area contributed by atoms with Crippen molar-refractivity contribution in [1.29, 1.82) is 0 Å². The Balaban J connectivity index is 1.41. The van der Waals surface area contributed by atoms with Crippen LogP contribution in [0.25, 0.3) is 0 Å². The van der Waals surface area contributed by atoms with E-state index < -0.39 is 24.3 Å². The molecule has 7 heteroatoms. The molecule has 0 spiro atoms. The SMILES string of the molecule is CCCOc1ccc(OCCOC(=O)CN2C(=O)c3ccccc3C2=O)cc1. The minimum atomic E-state index is -0.665. The Bertz CT molecular complexity index is 826. The van der Waals surface area contributed by atoms with E-state index in [0.29, 0.717) is 23.5 Å². The molecule has 0 atom stereocenters. The second-order valence-electron chi connectivity index (χ2n) is 6.13. The summed E-state index contributed by atoms with van der Waals surface area (Å²) in [5, 5.41) is 0. The number of benzene rings is 2. The predicted molar refractivity (Wildman–Crippen MR) is 100 cm³/mol. The number of hydrogen-bond donors (Lipinski definition) is 0. The summed E-state index contributed by atoms with van der Waals surface area (Å²) in [6.45, 7) is 2.44. The molecule has 0 N–H and O–H groups in total. The molecule has 2 aromatic rings. The summed E-state index contributed by atoms with van der Waals surface area (Å²) in [7, 11) is 0. The van der Waals surface area contributed by atoms with Crippen molar-refractivity contribution in [3.8, 4) is 11.5 Å². The van der Waals surface area contributed by atoms with Crippen LogP contribution in [0.3, 0.4) is 0 Å². The molecule has 0 unspecified atom stereocenters. The molecule has 0 aromatic heterocycles. The zero-order valence-corrected chi connectivity index (χ0v) is 15.6. The number of nitrogens with zero attached hydrogens (tertiary/aromatic N) is 1. The van der Waals surface area contributed by atoms with Crippen molar-refractivity contribution in [2.45, 2.75) is 13.3 Å². The van der Waals surface area contributed by atoms with Crippen LogP contribution >= 0.6 is 0 Å². The van der Waals surface area contributed by atoms with Crippen molar-refractivity contribution >= 4 is 17.8 Å². The van der Waals surface area contributed by atoms with E-state index in [1.165, 1.54) is 0 Å². The number of carbonyl (C=O) groups is 3. The fourth-order valence-corrected chi connectivity index (χ4v) is 2.72. The van der Waals surface area contributed by atoms with Gasteiger partial charge in [0, 0.05) is 0 Å². The monoisotopic (exact) mass is 383 g/mol. The van der Waals surface area contributed by atoms with Gasteiger partial charge in [-0.1, -0.05) is 19.1 Å². The van der Waals surface area contributed by atoms with Gasteiger partial charge in [0.15, 0.2) is 0 Å². The highest BCUT2D eigenvalue weighted by atomic mass is 16.6. The Morgan fingerprint density at radius 2 is 1.36 bits per heavy atom. The topological polar surface area (TPSA) is 82.1 Å². The van der Waals surface area contributed by atoms with Gasteiger partial charge in [-0.2, -0.15) is 0 Å². The third-order valence-electron chi connectivity index (χ3n) is 4.08. The highest BCUT2D eigenvalue weighted by Gasteiger charge is 2.36. The van der Waals surface area contributed by atoms with Crippen LogP contribution < -0.4 is 9.47 Å². The molecule has 0 saturated carbocycles. The van der Waals surface area contributed by atoms with Crippen LogP contribution in [-0.4, -0.2) is 49.0 Å². The van der Waals surface area contributed by atoms with E-state index in [2.05, 4.69) is 0 Å². The van der Waals surface area contributed by atoms with Crippen LogP contribution in [0.1, 0.15) is 34.1 Å². The van der Waals surface area contributed by atoms with Crippen molar-refractivity contribution in [1.82, 2.24) is 4.90 Å². The van der Waals surface area contributed by atoms with Gasteiger partial charge in [-0.3, -0.25) is 19.3 Å². The number of rotatable bonds is 9. The van der Waals surface area contributed by atoms with E-state index in [0.717, 1.165) is 17.1 Å². The maximum Gasteiger partial charge on any atom is 0.326 e. The molecular formula is C21H21NO6. The molecule has 0 radical (unpaired) electrons. The van der Waals surface area contributed by atoms with Gasteiger partial charge in [-0.25, -0.2) is 0 Å². The largest absolute Gasteiger partial charge is 0.494 e. The van der Waals surface area contributed by atoms with E-state index in [4.69, 9.17) is 14.2 Å². The fourth-order valence-electron chi connectivity index (χ4n) is 2.72. The smallest absolute Gasteiger partial charge is 0.326 e. The van der Waals surface area contributed by atoms with Crippen LogP contribution in [-0.2, 0) is 9.53 Å². The van der Waals surface area contributed by atoms with Gasteiger partial charge in [-0.15, -0.1) is 0 Å². The van der Waals surface area contributed by atoms with E-state index in [-0.39, 0.29) is 13.2 Å². The van der Waals surface area contributed by atoms with Crippen molar-refractivity contribution < 1.29 is 28.6 Å². The Morgan fingerprint density at radius 1 is 0.821 bits per heavy atom. The lowest BCUT2D eigenvalue weighted by molar-refractivity contribution is -0.144. The van der Waals surface area contributed by atoms with Crippen LogP contribution in [0.4, 0.5) is 0 Å². The molecule has 1 aliphatic heterocycles. The normalized spacial score (nSPS) is 12.7. The summed E-state index contributed by atoms with van der Waals surface area (Å²) in [5.74, 6) is -0.249. The number of imide groups is 1. The summed E-state index contributed by atoms with van der Waals surface area (Å²) in [5.41, 5.74) is 0.602. The van der Waals surface area contributed by atoms with Gasteiger partial charge < -0.3 is 14.2 Å². The molecule has 0 aliphatic carbocycles. The van der Waals surface area contributed by atoms with Crippen molar-refractivity contribution in [2.75, 3.05) is 26.4 Å². The Kier molecular flexibility index (Phi) is 6.26. The summed E-state index contributed by atoms with van der Waals surface area (Å²) < 4.78 is 16.0. The van der Waals surface area contributed by atoms with Crippen LogP contribution in [0.2, 0.25) is 0 Å². The minimum Gasteiger partial charge on any atom is -0.494 e. The maximum atomic E-state index is 12.2. The molecule has 0 bridgehead atoms. The van der Waals surface area contributed by atoms with Gasteiger partial charge in [-0.05, 0) is 42.8 Å². The molecule has 3 rings (SSSR count). The van der Waals surface area contributed by atoms with Crippen LogP contribution in [0.15, 0.2) is 48.5 Å². The first kappa shape index (κ1) is 19.4. The van der Waals surface area contributed by atoms with Crippen molar-refractivity contribution in [2.24, 2.45) is 0 Å². The third kappa shape index (κ3) is 4.49. The summed E-state index contributed by atoms with van der Waals surface area (Å²) in [6.07, 6.45) is 0.935. The predicted octanol–water partition coefficient (Wildman–Crippen LogP) is 2.69. The number of hydrogen-bond acceptors (Lipinski definition) is 6.